The quantitative estimate of drug-likeness (QED) is 0.649. The third kappa shape index (κ3) is 5.90. The molecule has 0 aliphatic heterocycles. The van der Waals surface area contributed by atoms with Crippen LogP contribution in [-0.2, 0) is 4.79 Å². The molecule has 0 aliphatic carbocycles. The van der Waals surface area contributed by atoms with Gasteiger partial charge in [0.2, 0.25) is 0 Å². The minimum Gasteiger partial charge on any atom is -0.497 e. The predicted molar refractivity (Wildman–Crippen MR) is 104 cm³/mol. The molecule has 0 bridgehead atoms. The van der Waals surface area contributed by atoms with Gasteiger partial charge in [0, 0.05) is 11.6 Å². The molecule has 0 unspecified atom stereocenters. The average molecular weight is 387 g/mol. The number of hydrogen-bond acceptors (Lipinski definition) is 5. The first-order valence-corrected chi connectivity index (χ1v) is 8.95. The van der Waals surface area contributed by atoms with Crippen molar-refractivity contribution in [2.24, 2.45) is 0 Å². The van der Waals surface area contributed by atoms with Crippen LogP contribution in [0.3, 0.4) is 0 Å². The molecular weight excluding hydrogens is 362 g/mol. The Morgan fingerprint density at radius 2 is 1.61 bits per heavy atom. The molecule has 0 saturated heterocycles. The zero-order valence-corrected chi connectivity index (χ0v) is 16.2. The molecular formula is C21H25NO6. The van der Waals surface area contributed by atoms with E-state index in [4.69, 9.17) is 14.2 Å². The van der Waals surface area contributed by atoms with E-state index in [1.165, 1.54) is 14.2 Å². The molecule has 1 amide bonds. The Morgan fingerprint density at radius 3 is 2.11 bits per heavy atom. The van der Waals surface area contributed by atoms with Crippen LogP contribution in [0, 0.1) is 0 Å². The summed E-state index contributed by atoms with van der Waals surface area (Å²) in [7, 11) is 2.98. The second kappa shape index (κ2) is 10.2. The first-order chi connectivity index (χ1) is 13.5. The second-order valence-electron chi connectivity index (χ2n) is 6.14. The molecule has 1 atom stereocenters. The summed E-state index contributed by atoms with van der Waals surface area (Å²) in [4.78, 5) is 24.0. The molecule has 0 fully saturated rings. The van der Waals surface area contributed by atoms with Crippen molar-refractivity contribution in [3.05, 3.63) is 53.6 Å². The monoisotopic (exact) mass is 387 g/mol. The summed E-state index contributed by atoms with van der Waals surface area (Å²) in [5.41, 5.74) is 0.990. The lowest BCUT2D eigenvalue weighted by molar-refractivity contribution is -0.137. The Morgan fingerprint density at radius 1 is 1.00 bits per heavy atom. The van der Waals surface area contributed by atoms with Gasteiger partial charge in [-0.15, -0.1) is 0 Å². The Balaban J connectivity index is 2.22. The highest BCUT2D eigenvalue weighted by Gasteiger charge is 2.20. The molecule has 7 nitrogen and oxygen atoms in total. The van der Waals surface area contributed by atoms with Gasteiger partial charge in [-0.05, 0) is 36.2 Å². The van der Waals surface area contributed by atoms with Crippen LogP contribution < -0.4 is 19.5 Å². The summed E-state index contributed by atoms with van der Waals surface area (Å²) in [6.07, 6.45) is 0.644. The van der Waals surface area contributed by atoms with Crippen LogP contribution in [0.4, 0.5) is 0 Å². The first-order valence-electron chi connectivity index (χ1n) is 8.95. The molecule has 2 aromatic carbocycles. The summed E-state index contributed by atoms with van der Waals surface area (Å²) in [6.45, 7) is 2.62. The van der Waals surface area contributed by atoms with Crippen molar-refractivity contribution in [2.75, 3.05) is 20.8 Å². The van der Waals surface area contributed by atoms with E-state index in [1.54, 1.807) is 42.5 Å². The van der Waals surface area contributed by atoms with Crippen LogP contribution in [0.2, 0.25) is 0 Å². The van der Waals surface area contributed by atoms with Gasteiger partial charge in [-0.1, -0.05) is 19.1 Å². The number of carboxylic acid groups (broad SMARTS) is 1. The number of benzene rings is 2. The zero-order valence-electron chi connectivity index (χ0n) is 16.2. The molecule has 0 heterocycles. The smallest absolute Gasteiger partial charge is 0.305 e. The van der Waals surface area contributed by atoms with Gasteiger partial charge in [-0.3, -0.25) is 9.59 Å². The molecule has 0 saturated carbocycles. The highest BCUT2D eigenvalue weighted by Crippen LogP contribution is 2.25. The van der Waals surface area contributed by atoms with E-state index in [0.717, 1.165) is 6.42 Å². The van der Waals surface area contributed by atoms with Crippen LogP contribution in [0.1, 0.15) is 41.7 Å². The summed E-state index contributed by atoms with van der Waals surface area (Å²) in [6, 6.07) is 11.1. The fraction of sp³-hybridized carbons (Fsp3) is 0.333. The van der Waals surface area contributed by atoms with Crippen LogP contribution in [0.15, 0.2) is 42.5 Å². The van der Waals surface area contributed by atoms with E-state index < -0.39 is 17.9 Å². The first kappa shape index (κ1) is 21.1. The normalized spacial score (nSPS) is 11.4. The summed E-state index contributed by atoms with van der Waals surface area (Å²) in [5.74, 6) is 0.201. The van der Waals surface area contributed by atoms with Crippen LogP contribution in [0.5, 0.6) is 17.2 Å². The van der Waals surface area contributed by atoms with Crippen molar-refractivity contribution in [3.8, 4) is 17.2 Å². The summed E-state index contributed by atoms with van der Waals surface area (Å²) in [5, 5.41) is 12.0. The molecule has 2 aromatic rings. The van der Waals surface area contributed by atoms with Crippen LogP contribution in [-0.4, -0.2) is 37.8 Å². The third-order valence-electron chi connectivity index (χ3n) is 4.05. The molecule has 0 aromatic heterocycles. The lowest BCUT2D eigenvalue weighted by atomic mass is 10.0. The Bertz CT molecular complexity index is 781. The maximum atomic E-state index is 12.7. The molecule has 2 N–H and O–H groups in total. The number of rotatable bonds is 10. The van der Waals surface area contributed by atoms with E-state index in [2.05, 4.69) is 5.32 Å². The minimum atomic E-state index is -1.01. The lowest BCUT2D eigenvalue weighted by Gasteiger charge is -2.18. The average Bonchev–Trinajstić information content (AvgIpc) is 2.71. The molecule has 28 heavy (non-hydrogen) atoms. The number of carbonyl (C=O) groups excluding carboxylic acids is 1. The van der Waals surface area contributed by atoms with Crippen LogP contribution >= 0.6 is 0 Å². The minimum absolute atomic E-state index is 0.248. The number of aliphatic carboxylic acids is 1. The van der Waals surface area contributed by atoms with Gasteiger partial charge < -0.3 is 24.6 Å². The van der Waals surface area contributed by atoms with Crippen molar-refractivity contribution in [2.45, 2.75) is 25.8 Å². The molecule has 7 heteroatoms. The van der Waals surface area contributed by atoms with Crippen molar-refractivity contribution in [1.82, 2.24) is 5.32 Å². The topological polar surface area (TPSA) is 94.1 Å². The lowest BCUT2D eigenvalue weighted by Crippen LogP contribution is -2.30. The van der Waals surface area contributed by atoms with Gasteiger partial charge in [0.05, 0.1) is 33.3 Å². The molecule has 0 radical (unpaired) electrons. The largest absolute Gasteiger partial charge is 0.497 e. The maximum absolute atomic E-state index is 12.7. The van der Waals surface area contributed by atoms with Gasteiger partial charge in [0.25, 0.3) is 5.91 Å². The second-order valence-corrected chi connectivity index (χ2v) is 6.14. The number of carboxylic acids is 1. The van der Waals surface area contributed by atoms with E-state index in [0.29, 0.717) is 35.0 Å². The molecule has 150 valence electrons. The number of amides is 1. The fourth-order valence-electron chi connectivity index (χ4n) is 2.62. The van der Waals surface area contributed by atoms with Crippen molar-refractivity contribution in [1.29, 1.82) is 0 Å². The van der Waals surface area contributed by atoms with E-state index in [1.807, 2.05) is 6.92 Å². The van der Waals surface area contributed by atoms with Gasteiger partial charge in [-0.2, -0.15) is 0 Å². The summed E-state index contributed by atoms with van der Waals surface area (Å²) >= 11 is 0. The number of hydrogen-bond donors (Lipinski definition) is 2. The van der Waals surface area contributed by atoms with Gasteiger partial charge in [0.1, 0.15) is 17.2 Å². The Labute approximate surface area is 164 Å². The van der Waals surface area contributed by atoms with Crippen molar-refractivity contribution >= 4 is 11.9 Å². The van der Waals surface area contributed by atoms with Gasteiger partial charge >= 0.3 is 5.97 Å². The van der Waals surface area contributed by atoms with Crippen molar-refractivity contribution in [3.63, 3.8) is 0 Å². The highest BCUT2D eigenvalue weighted by molar-refractivity contribution is 5.95. The Hall–Kier alpha value is -3.22. The van der Waals surface area contributed by atoms with Crippen LogP contribution in [0.25, 0.3) is 0 Å². The zero-order chi connectivity index (χ0) is 20.5. The molecule has 0 aliphatic rings. The SMILES string of the molecule is CCCOc1ccc([C@@H](CC(=O)O)NC(=O)c2cc(OC)cc(OC)c2)cc1. The fourth-order valence-corrected chi connectivity index (χ4v) is 2.62. The molecule has 2 rings (SSSR count). The van der Waals surface area contributed by atoms with Gasteiger partial charge in [0.15, 0.2) is 0 Å². The predicted octanol–water partition coefficient (Wildman–Crippen LogP) is 3.44. The highest BCUT2D eigenvalue weighted by atomic mass is 16.5. The number of nitrogens with one attached hydrogen (secondary N) is 1. The number of methoxy groups -OCH3 is 2. The number of ether oxygens (including phenoxy) is 3. The molecule has 0 spiro atoms. The standard InChI is InChI=1S/C21H25NO6/c1-4-9-28-16-7-5-14(6-8-16)19(13-20(23)24)22-21(25)15-10-17(26-2)12-18(11-15)27-3/h5-8,10-12,19H,4,9,13H2,1-3H3,(H,22,25)(H,23,24)/t19-/m1/s1. The van der Waals surface area contributed by atoms with E-state index in [-0.39, 0.29) is 6.42 Å². The van der Waals surface area contributed by atoms with Gasteiger partial charge in [-0.25, -0.2) is 0 Å². The number of carbonyl (C=O) groups is 2. The van der Waals surface area contributed by atoms with E-state index in [9.17, 15) is 14.7 Å². The Kier molecular flexibility index (Phi) is 7.68. The maximum Gasteiger partial charge on any atom is 0.305 e. The summed E-state index contributed by atoms with van der Waals surface area (Å²) < 4.78 is 15.9. The van der Waals surface area contributed by atoms with E-state index >= 15 is 0 Å². The van der Waals surface area contributed by atoms with Crippen molar-refractivity contribution < 1.29 is 28.9 Å². The third-order valence-corrected chi connectivity index (χ3v) is 4.05.